The lowest BCUT2D eigenvalue weighted by Gasteiger charge is -2.28. The summed E-state index contributed by atoms with van der Waals surface area (Å²) in [5.41, 5.74) is 1.33. The normalized spacial score (nSPS) is 20.9. The second-order valence-electron chi connectivity index (χ2n) is 6.78. The molecule has 3 nitrogen and oxygen atoms in total. The van der Waals surface area contributed by atoms with Crippen molar-refractivity contribution < 1.29 is 4.42 Å². The molecule has 1 unspecified atom stereocenters. The third kappa shape index (κ3) is 5.15. The molecule has 1 aromatic rings. The van der Waals surface area contributed by atoms with E-state index in [1.165, 1.54) is 44.2 Å². The van der Waals surface area contributed by atoms with E-state index in [0.29, 0.717) is 5.92 Å². The van der Waals surface area contributed by atoms with Crippen LogP contribution in [0.3, 0.4) is 0 Å². The molecular formula is C18H32N2O. The van der Waals surface area contributed by atoms with Gasteiger partial charge in [0, 0.05) is 18.2 Å². The fourth-order valence-electron chi connectivity index (χ4n) is 3.25. The van der Waals surface area contributed by atoms with Gasteiger partial charge in [0.15, 0.2) is 0 Å². The molecule has 1 aliphatic heterocycles. The smallest absolute Gasteiger partial charge is 0.122 e. The number of furan rings is 1. The number of rotatable bonds is 7. The van der Waals surface area contributed by atoms with E-state index < -0.39 is 0 Å². The first-order valence-electron chi connectivity index (χ1n) is 8.70. The van der Waals surface area contributed by atoms with Gasteiger partial charge in [0.2, 0.25) is 0 Å². The van der Waals surface area contributed by atoms with E-state index in [1.807, 2.05) is 6.26 Å². The molecular weight excluding hydrogens is 260 g/mol. The van der Waals surface area contributed by atoms with Crippen molar-refractivity contribution in [1.29, 1.82) is 0 Å². The zero-order valence-corrected chi connectivity index (χ0v) is 14.0. The molecule has 0 aliphatic carbocycles. The van der Waals surface area contributed by atoms with Gasteiger partial charge < -0.3 is 9.73 Å². The summed E-state index contributed by atoms with van der Waals surface area (Å²) in [6.07, 6.45) is 8.54. The van der Waals surface area contributed by atoms with E-state index in [-0.39, 0.29) is 0 Å². The van der Waals surface area contributed by atoms with Crippen LogP contribution in [0.5, 0.6) is 0 Å². The second kappa shape index (κ2) is 8.60. The van der Waals surface area contributed by atoms with Crippen molar-refractivity contribution in [3.05, 3.63) is 23.7 Å². The van der Waals surface area contributed by atoms with E-state index in [0.717, 1.165) is 31.4 Å². The van der Waals surface area contributed by atoms with Crippen molar-refractivity contribution in [3.63, 3.8) is 0 Å². The highest BCUT2D eigenvalue weighted by Crippen LogP contribution is 2.23. The molecule has 0 bridgehead atoms. The van der Waals surface area contributed by atoms with Gasteiger partial charge in [0.05, 0.1) is 12.8 Å². The van der Waals surface area contributed by atoms with Crippen molar-refractivity contribution in [2.75, 3.05) is 13.1 Å². The predicted molar refractivity (Wildman–Crippen MR) is 88.2 cm³/mol. The van der Waals surface area contributed by atoms with Gasteiger partial charge >= 0.3 is 0 Å². The average molecular weight is 292 g/mol. The fourth-order valence-corrected chi connectivity index (χ4v) is 3.25. The zero-order chi connectivity index (χ0) is 15.1. The van der Waals surface area contributed by atoms with E-state index >= 15 is 0 Å². The van der Waals surface area contributed by atoms with Crippen LogP contribution in [0, 0.1) is 5.92 Å². The van der Waals surface area contributed by atoms with Crippen molar-refractivity contribution in [2.24, 2.45) is 5.92 Å². The van der Waals surface area contributed by atoms with Crippen LogP contribution in [0.2, 0.25) is 0 Å². The Morgan fingerprint density at radius 2 is 2.19 bits per heavy atom. The van der Waals surface area contributed by atoms with Gasteiger partial charge in [0.25, 0.3) is 0 Å². The van der Waals surface area contributed by atoms with Crippen LogP contribution in [0.1, 0.15) is 64.2 Å². The van der Waals surface area contributed by atoms with Gasteiger partial charge in [-0.2, -0.15) is 0 Å². The Labute approximate surface area is 130 Å². The van der Waals surface area contributed by atoms with Crippen LogP contribution >= 0.6 is 0 Å². The molecule has 21 heavy (non-hydrogen) atoms. The molecule has 0 aromatic carbocycles. The van der Waals surface area contributed by atoms with Crippen LogP contribution in [0.4, 0.5) is 0 Å². The van der Waals surface area contributed by atoms with Crippen LogP contribution in [-0.2, 0) is 13.1 Å². The Bertz CT molecular complexity index is 400. The van der Waals surface area contributed by atoms with E-state index in [4.69, 9.17) is 4.42 Å². The number of hydrogen-bond acceptors (Lipinski definition) is 3. The summed E-state index contributed by atoms with van der Waals surface area (Å²) < 4.78 is 5.78. The van der Waals surface area contributed by atoms with Crippen LogP contribution in [0.15, 0.2) is 16.7 Å². The van der Waals surface area contributed by atoms with E-state index in [2.05, 4.69) is 37.1 Å². The zero-order valence-electron chi connectivity index (χ0n) is 14.0. The highest BCUT2D eigenvalue weighted by Gasteiger charge is 2.21. The first kappa shape index (κ1) is 16.6. The van der Waals surface area contributed by atoms with Crippen molar-refractivity contribution in [3.8, 4) is 0 Å². The lowest BCUT2D eigenvalue weighted by Crippen LogP contribution is -2.34. The summed E-state index contributed by atoms with van der Waals surface area (Å²) in [7, 11) is 0. The minimum atomic E-state index is 0.690. The standard InChI is InChI=1S/C18H32N2O/c1-4-17-8-6-5-7-10-20(17)14-18-16(9-11-21-18)13-19-12-15(2)3/h9,11,15,17,19H,4-8,10,12-14H2,1-3H3. The lowest BCUT2D eigenvalue weighted by molar-refractivity contribution is 0.171. The average Bonchev–Trinajstić information content (AvgIpc) is 2.76. The monoisotopic (exact) mass is 292 g/mol. The lowest BCUT2D eigenvalue weighted by atomic mass is 10.1. The number of nitrogens with zero attached hydrogens (tertiary/aromatic N) is 1. The van der Waals surface area contributed by atoms with Gasteiger partial charge in [-0.25, -0.2) is 0 Å². The molecule has 120 valence electrons. The Morgan fingerprint density at radius 3 is 2.95 bits per heavy atom. The topological polar surface area (TPSA) is 28.4 Å². The second-order valence-corrected chi connectivity index (χ2v) is 6.78. The summed E-state index contributed by atoms with van der Waals surface area (Å²) in [6, 6.07) is 2.86. The molecule has 1 aliphatic rings. The van der Waals surface area contributed by atoms with Crippen LogP contribution in [0.25, 0.3) is 0 Å². The van der Waals surface area contributed by atoms with E-state index in [1.54, 1.807) is 0 Å². The van der Waals surface area contributed by atoms with Crippen LogP contribution in [-0.4, -0.2) is 24.0 Å². The predicted octanol–water partition coefficient (Wildman–Crippen LogP) is 4.18. The summed E-state index contributed by atoms with van der Waals surface area (Å²) in [4.78, 5) is 2.64. The highest BCUT2D eigenvalue weighted by atomic mass is 16.3. The Kier molecular flexibility index (Phi) is 6.78. The summed E-state index contributed by atoms with van der Waals surface area (Å²) in [5, 5.41) is 3.52. The van der Waals surface area contributed by atoms with Crippen molar-refractivity contribution in [1.82, 2.24) is 10.2 Å². The molecule has 3 heteroatoms. The molecule has 1 fully saturated rings. The Hall–Kier alpha value is -0.800. The summed E-state index contributed by atoms with van der Waals surface area (Å²) in [6.45, 7) is 11.0. The molecule has 0 spiro atoms. The first-order valence-corrected chi connectivity index (χ1v) is 8.70. The first-order chi connectivity index (χ1) is 10.2. The fraction of sp³-hybridized carbons (Fsp3) is 0.778. The highest BCUT2D eigenvalue weighted by molar-refractivity contribution is 5.17. The third-order valence-corrected chi connectivity index (χ3v) is 4.52. The molecule has 1 saturated heterocycles. The maximum atomic E-state index is 5.78. The number of hydrogen-bond donors (Lipinski definition) is 1. The molecule has 0 amide bonds. The molecule has 0 saturated carbocycles. The van der Waals surface area contributed by atoms with Crippen molar-refractivity contribution in [2.45, 2.75) is 72.0 Å². The van der Waals surface area contributed by atoms with E-state index in [9.17, 15) is 0 Å². The molecule has 1 atom stereocenters. The molecule has 1 aromatic heterocycles. The van der Waals surface area contributed by atoms with Gasteiger partial charge in [-0.3, -0.25) is 4.90 Å². The maximum absolute atomic E-state index is 5.78. The quantitative estimate of drug-likeness (QED) is 0.817. The Morgan fingerprint density at radius 1 is 1.33 bits per heavy atom. The summed E-state index contributed by atoms with van der Waals surface area (Å²) in [5.74, 6) is 1.85. The van der Waals surface area contributed by atoms with Crippen molar-refractivity contribution >= 4 is 0 Å². The third-order valence-electron chi connectivity index (χ3n) is 4.52. The Balaban J connectivity index is 1.93. The SMILES string of the molecule is CCC1CCCCCN1Cc1occc1CNCC(C)C. The summed E-state index contributed by atoms with van der Waals surface area (Å²) >= 11 is 0. The maximum Gasteiger partial charge on any atom is 0.122 e. The van der Waals surface area contributed by atoms with Crippen LogP contribution < -0.4 is 5.32 Å². The minimum Gasteiger partial charge on any atom is -0.468 e. The van der Waals surface area contributed by atoms with Gasteiger partial charge in [0.1, 0.15) is 5.76 Å². The largest absolute Gasteiger partial charge is 0.468 e. The molecule has 1 N–H and O–H groups in total. The minimum absolute atomic E-state index is 0.690. The molecule has 2 heterocycles. The van der Waals surface area contributed by atoms with Gasteiger partial charge in [-0.15, -0.1) is 0 Å². The number of likely N-dealkylation sites (tertiary alicyclic amines) is 1. The molecule has 2 rings (SSSR count). The van der Waals surface area contributed by atoms with Gasteiger partial charge in [-0.05, 0) is 44.3 Å². The molecule has 0 radical (unpaired) electrons. The van der Waals surface area contributed by atoms with Gasteiger partial charge in [-0.1, -0.05) is 33.6 Å². The number of nitrogens with one attached hydrogen (secondary N) is 1.